The molecule has 0 radical (unpaired) electrons. The largest absolute Gasteiger partial charge is 0.396 e. The normalized spacial score (nSPS) is 11.5. The number of aliphatic hydroxyl groups is 1. The van der Waals surface area contributed by atoms with Crippen molar-refractivity contribution in [1.29, 1.82) is 5.26 Å². The molecule has 0 amide bonds. The predicted molar refractivity (Wildman–Crippen MR) is 86.9 cm³/mol. The fraction of sp³-hybridized carbons (Fsp3) is 0.235. The summed E-state index contributed by atoms with van der Waals surface area (Å²) in [6.45, 7) is 0.0560. The van der Waals surface area contributed by atoms with E-state index in [-0.39, 0.29) is 23.9 Å². The van der Waals surface area contributed by atoms with Crippen molar-refractivity contribution in [2.45, 2.75) is 18.9 Å². The maximum atomic E-state index is 11.2. The van der Waals surface area contributed by atoms with Crippen LogP contribution in [-0.2, 0) is 0 Å². The van der Waals surface area contributed by atoms with Gasteiger partial charge in [-0.3, -0.25) is 10.1 Å². The number of rotatable bonds is 7. The van der Waals surface area contributed by atoms with Crippen molar-refractivity contribution in [2.24, 2.45) is 0 Å². The molecule has 0 aliphatic carbocycles. The quantitative estimate of drug-likeness (QED) is 0.603. The Morgan fingerprint density at radius 3 is 2.61 bits per heavy atom. The summed E-state index contributed by atoms with van der Waals surface area (Å²) < 4.78 is 0. The molecule has 2 rings (SSSR count). The fourth-order valence-corrected chi connectivity index (χ4v) is 2.36. The number of hydrogen-bond acceptors (Lipinski definition) is 5. The summed E-state index contributed by atoms with van der Waals surface area (Å²) in [4.78, 5) is 10.7. The molecule has 0 heterocycles. The first-order chi connectivity index (χ1) is 11.2. The molecular formula is C17H17N3O3. The minimum Gasteiger partial charge on any atom is -0.396 e. The van der Waals surface area contributed by atoms with E-state index in [1.54, 1.807) is 12.1 Å². The smallest absolute Gasteiger partial charge is 0.293 e. The zero-order valence-electron chi connectivity index (χ0n) is 12.5. The van der Waals surface area contributed by atoms with Crippen LogP contribution in [0.1, 0.15) is 30.0 Å². The van der Waals surface area contributed by atoms with Gasteiger partial charge < -0.3 is 10.4 Å². The topological polar surface area (TPSA) is 99.2 Å². The number of nitrogens with one attached hydrogen (secondary N) is 1. The summed E-state index contributed by atoms with van der Waals surface area (Å²) in [5, 5.41) is 32.4. The molecule has 0 aliphatic heterocycles. The molecule has 0 aromatic heterocycles. The number of nitro benzene ring substituents is 1. The Labute approximate surface area is 134 Å². The van der Waals surface area contributed by atoms with Gasteiger partial charge in [0.25, 0.3) is 5.69 Å². The van der Waals surface area contributed by atoms with E-state index < -0.39 is 4.92 Å². The highest BCUT2D eigenvalue weighted by Crippen LogP contribution is 2.31. The molecule has 118 valence electrons. The molecule has 6 nitrogen and oxygen atoms in total. The van der Waals surface area contributed by atoms with Gasteiger partial charge >= 0.3 is 0 Å². The van der Waals surface area contributed by atoms with E-state index in [0.29, 0.717) is 18.5 Å². The van der Waals surface area contributed by atoms with Gasteiger partial charge in [-0.05, 0) is 30.5 Å². The second-order valence-corrected chi connectivity index (χ2v) is 5.07. The number of nitrogens with zero attached hydrogens (tertiary/aromatic N) is 2. The number of nitro groups is 1. The monoisotopic (exact) mass is 311 g/mol. The van der Waals surface area contributed by atoms with E-state index in [2.05, 4.69) is 5.32 Å². The van der Waals surface area contributed by atoms with Gasteiger partial charge in [0, 0.05) is 12.7 Å². The van der Waals surface area contributed by atoms with Crippen molar-refractivity contribution in [3.05, 3.63) is 69.8 Å². The first kappa shape index (κ1) is 16.5. The fourth-order valence-electron chi connectivity index (χ4n) is 2.36. The Kier molecular flexibility index (Phi) is 5.67. The Balaban J connectivity index is 2.32. The highest BCUT2D eigenvalue weighted by molar-refractivity contribution is 5.64. The summed E-state index contributed by atoms with van der Waals surface area (Å²) in [7, 11) is 0. The van der Waals surface area contributed by atoms with Crippen molar-refractivity contribution < 1.29 is 10.0 Å². The van der Waals surface area contributed by atoms with Crippen LogP contribution in [0.2, 0.25) is 0 Å². The van der Waals surface area contributed by atoms with E-state index in [9.17, 15) is 10.1 Å². The summed E-state index contributed by atoms with van der Waals surface area (Å²) in [5.74, 6) is 0. The summed E-state index contributed by atoms with van der Waals surface area (Å²) >= 11 is 0. The lowest BCUT2D eigenvalue weighted by Crippen LogP contribution is -2.12. The molecule has 0 aliphatic rings. The van der Waals surface area contributed by atoms with Crippen molar-refractivity contribution in [1.82, 2.24) is 0 Å². The van der Waals surface area contributed by atoms with Gasteiger partial charge in [-0.25, -0.2) is 0 Å². The molecule has 0 fully saturated rings. The first-order valence-corrected chi connectivity index (χ1v) is 7.26. The highest BCUT2D eigenvalue weighted by Gasteiger charge is 2.19. The molecular weight excluding hydrogens is 294 g/mol. The lowest BCUT2D eigenvalue weighted by molar-refractivity contribution is -0.384. The third-order valence-corrected chi connectivity index (χ3v) is 3.51. The van der Waals surface area contributed by atoms with E-state index in [4.69, 9.17) is 10.4 Å². The van der Waals surface area contributed by atoms with Crippen LogP contribution in [0.3, 0.4) is 0 Å². The third kappa shape index (κ3) is 4.28. The van der Waals surface area contributed by atoms with Crippen LogP contribution in [0.5, 0.6) is 0 Å². The zero-order valence-corrected chi connectivity index (χ0v) is 12.5. The summed E-state index contributed by atoms with van der Waals surface area (Å²) in [5.41, 5.74) is 1.46. The van der Waals surface area contributed by atoms with E-state index in [1.165, 1.54) is 6.07 Å². The summed E-state index contributed by atoms with van der Waals surface area (Å²) in [6, 6.07) is 15.7. The molecule has 0 bridgehead atoms. The molecule has 1 atom stereocenters. The molecule has 0 spiro atoms. The van der Waals surface area contributed by atoms with Crippen molar-refractivity contribution in [3.63, 3.8) is 0 Å². The average molecular weight is 311 g/mol. The highest BCUT2D eigenvalue weighted by atomic mass is 16.6. The van der Waals surface area contributed by atoms with Gasteiger partial charge in [0.05, 0.1) is 22.6 Å². The van der Waals surface area contributed by atoms with Gasteiger partial charge in [0.15, 0.2) is 0 Å². The predicted octanol–water partition coefficient (Wildman–Crippen LogP) is 3.39. The second-order valence-electron chi connectivity index (χ2n) is 5.07. The first-order valence-electron chi connectivity index (χ1n) is 7.26. The van der Waals surface area contributed by atoms with Gasteiger partial charge in [-0.2, -0.15) is 5.26 Å². The van der Waals surface area contributed by atoms with E-state index in [1.807, 2.05) is 36.4 Å². The van der Waals surface area contributed by atoms with Crippen LogP contribution in [0.4, 0.5) is 11.4 Å². The van der Waals surface area contributed by atoms with Crippen LogP contribution < -0.4 is 5.32 Å². The van der Waals surface area contributed by atoms with Gasteiger partial charge in [-0.15, -0.1) is 0 Å². The SMILES string of the molecule is N#Cc1ccc(NC(CCCO)c2ccccc2)c([N+](=O)[O-])c1. The zero-order chi connectivity index (χ0) is 16.7. The maximum Gasteiger partial charge on any atom is 0.293 e. The number of aliphatic hydroxyl groups excluding tert-OH is 1. The second kappa shape index (κ2) is 7.92. The van der Waals surface area contributed by atoms with Crippen LogP contribution >= 0.6 is 0 Å². The van der Waals surface area contributed by atoms with Gasteiger partial charge in [0.1, 0.15) is 5.69 Å². The van der Waals surface area contributed by atoms with E-state index >= 15 is 0 Å². The number of nitriles is 1. The molecule has 2 aromatic rings. The number of benzene rings is 2. The van der Waals surface area contributed by atoms with E-state index in [0.717, 1.165) is 5.56 Å². The molecule has 1 unspecified atom stereocenters. The van der Waals surface area contributed by atoms with Crippen LogP contribution in [0.25, 0.3) is 0 Å². The maximum absolute atomic E-state index is 11.2. The molecule has 2 N–H and O–H groups in total. The molecule has 23 heavy (non-hydrogen) atoms. The minimum atomic E-state index is -0.503. The Morgan fingerprint density at radius 2 is 2.00 bits per heavy atom. The third-order valence-electron chi connectivity index (χ3n) is 3.51. The van der Waals surface area contributed by atoms with Crippen molar-refractivity contribution in [3.8, 4) is 6.07 Å². The Hall–Kier alpha value is -2.91. The number of anilines is 1. The van der Waals surface area contributed by atoms with Crippen molar-refractivity contribution >= 4 is 11.4 Å². The van der Waals surface area contributed by atoms with Gasteiger partial charge in [0.2, 0.25) is 0 Å². The standard InChI is InChI=1S/C17H17N3O3/c18-12-13-8-9-16(17(11-13)20(22)23)19-15(7-4-10-21)14-5-2-1-3-6-14/h1-3,5-6,8-9,11,15,19,21H,4,7,10H2. The lowest BCUT2D eigenvalue weighted by Gasteiger charge is -2.20. The average Bonchev–Trinajstić information content (AvgIpc) is 2.59. The lowest BCUT2D eigenvalue weighted by atomic mass is 10.0. The molecule has 6 heteroatoms. The van der Waals surface area contributed by atoms with Crippen molar-refractivity contribution in [2.75, 3.05) is 11.9 Å². The molecule has 0 saturated heterocycles. The Morgan fingerprint density at radius 1 is 1.26 bits per heavy atom. The minimum absolute atomic E-state index is 0.0560. The van der Waals surface area contributed by atoms with Crippen LogP contribution in [0.15, 0.2) is 48.5 Å². The van der Waals surface area contributed by atoms with Crippen LogP contribution in [-0.4, -0.2) is 16.6 Å². The van der Waals surface area contributed by atoms with Gasteiger partial charge in [-0.1, -0.05) is 30.3 Å². The Bertz CT molecular complexity index is 711. The summed E-state index contributed by atoms with van der Waals surface area (Å²) in [6.07, 6.45) is 1.22. The molecule has 0 saturated carbocycles. The number of hydrogen-bond donors (Lipinski definition) is 2. The van der Waals surface area contributed by atoms with Crippen LogP contribution in [0, 0.1) is 21.4 Å². The molecule has 2 aromatic carbocycles.